The molecular weight excluding hydrogens is 316 g/mol. The van der Waals surface area contributed by atoms with Crippen LogP contribution in [0.1, 0.15) is 37.4 Å². The lowest BCUT2D eigenvalue weighted by molar-refractivity contribution is 0.00990. The zero-order valence-corrected chi connectivity index (χ0v) is 15.8. The van der Waals surface area contributed by atoms with Gasteiger partial charge in [-0.05, 0) is 44.7 Å². The van der Waals surface area contributed by atoms with Gasteiger partial charge in [-0.3, -0.25) is 4.98 Å². The molecule has 1 aromatic rings. The van der Waals surface area contributed by atoms with Gasteiger partial charge in [-0.25, -0.2) is 4.99 Å². The van der Waals surface area contributed by atoms with Crippen molar-refractivity contribution in [2.45, 2.75) is 45.8 Å². The highest BCUT2D eigenvalue weighted by molar-refractivity contribution is 5.80. The Labute approximate surface area is 151 Å². The molecule has 25 heavy (non-hydrogen) atoms. The molecule has 1 fully saturated rings. The van der Waals surface area contributed by atoms with Crippen LogP contribution in [0.15, 0.2) is 23.3 Å². The predicted octanol–water partition coefficient (Wildman–Crippen LogP) is 2.37. The monoisotopic (exact) mass is 348 g/mol. The van der Waals surface area contributed by atoms with Gasteiger partial charge in [0.25, 0.3) is 0 Å². The van der Waals surface area contributed by atoms with E-state index in [1.165, 1.54) is 5.56 Å². The number of aryl methyl sites for hydroxylation is 1. The minimum atomic E-state index is 0.356. The molecule has 0 saturated carbocycles. The van der Waals surface area contributed by atoms with Crippen molar-refractivity contribution in [2.24, 2.45) is 4.99 Å². The number of hydrogen-bond donors (Lipinski definition) is 1. The zero-order chi connectivity index (χ0) is 17.9. The summed E-state index contributed by atoms with van der Waals surface area (Å²) < 4.78 is 11.0. The smallest absolute Gasteiger partial charge is 0.194 e. The largest absolute Gasteiger partial charge is 0.385 e. The van der Waals surface area contributed by atoms with E-state index in [2.05, 4.69) is 35.1 Å². The van der Waals surface area contributed by atoms with Crippen molar-refractivity contribution in [1.29, 1.82) is 0 Å². The standard InChI is InChI=1S/C19H32N4O2/c1-4-20-19(22-15-18-16(2)7-5-10-21-18)23-11-8-17(9-12-23)25-14-6-13-24-3/h5,7,10,17H,4,6,8-9,11-15H2,1-3H3,(H,20,22). The van der Waals surface area contributed by atoms with E-state index in [4.69, 9.17) is 14.5 Å². The number of nitrogens with zero attached hydrogens (tertiary/aromatic N) is 3. The third-order valence-corrected chi connectivity index (χ3v) is 4.42. The van der Waals surface area contributed by atoms with E-state index in [0.717, 1.165) is 63.8 Å². The Morgan fingerprint density at radius 3 is 2.84 bits per heavy atom. The zero-order valence-electron chi connectivity index (χ0n) is 15.8. The van der Waals surface area contributed by atoms with Crippen LogP contribution in [0, 0.1) is 6.92 Å². The lowest BCUT2D eigenvalue weighted by Crippen LogP contribution is -2.47. The summed E-state index contributed by atoms with van der Waals surface area (Å²) in [7, 11) is 1.73. The second kappa shape index (κ2) is 11.1. The van der Waals surface area contributed by atoms with E-state index in [1.807, 2.05) is 12.3 Å². The van der Waals surface area contributed by atoms with Crippen LogP contribution in [0.2, 0.25) is 0 Å². The van der Waals surface area contributed by atoms with E-state index >= 15 is 0 Å². The lowest BCUT2D eigenvalue weighted by Gasteiger charge is -2.34. The average molecular weight is 348 g/mol. The molecule has 140 valence electrons. The molecule has 6 nitrogen and oxygen atoms in total. The predicted molar refractivity (Wildman–Crippen MR) is 101 cm³/mol. The fraction of sp³-hybridized carbons (Fsp3) is 0.684. The summed E-state index contributed by atoms with van der Waals surface area (Å²) in [5, 5.41) is 3.41. The van der Waals surface area contributed by atoms with E-state index in [-0.39, 0.29) is 0 Å². The minimum absolute atomic E-state index is 0.356. The van der Waals surface area contributed by atoms with Crippen LogP contribution in [-0.4, -0.2) is 61.9 Å². The lowest BCUT2D eigenvalue weighted by atomic mass is 10.1. The summed E-state index contributed by atoms with van der Waals surface area (Å²) in [4.78, 5) is 11.6. The Morgan fingerprint density at radius 2 is 2.16 bits per heavy atom. The molecule has 6 heteroatoms. The van der Waals surface area contributed by atoms with Gasteiger partial charge in [0.2, 0.25) is 0 Å². The number of likely N-dealkylation sites (tertiary alicyclic amines) is 1. The van der Waals surface area contributed by atoms with Gasteiger partial charge in [-0.15, -0.1) is 0 Å². The summed E-state index contributed by atoms with van der Waals surface area (Å²) in [6, 6.07) is 4.04. The van der Waals surface area contributed by atoms with E-state index in [9.17, 15) is 0 Å². The molecule has 1 aliphatic rings. The fourth-order valence-corrected chi connectivity index (χ4v) is 2.95. The van der Waals surface area contributed by atoms with Crippen LogP contribution < -0.4 is 5.32 Å². The first-order chi connectivity index (χ1) is 12.2. The maximum absolute atomic E-state index is 5.94. The molecule has 2 rings (SSSR count). The van der Waals surface area contributed by atoms with Gasteiger partial charge in [-0.2, -0.15) is 0 Å². The normalized spacial score (nSPS) is 16.3. The highest BCUT2D eigenvalue weighted by Gasteiger charge is 2.21. The van der Waals surface area contributed by atoms with Gasteiger partial charge in [0.15, 0.2) is 5.96 Å². The van der Waals surface area contributed by atoms with Crippen LogP contribution in [0.4, 0.5) is 0 Å². The first kappa shape index (κ1) is 19.7. The molecule has 0 unspecified atom stereocenters. The highest BCUT2D eigenvalue weighted by atomic mass is 16.5. The van der Waals surface area contributed by atoms with Crippen molar-refractivity contribution in [1.82, 2.24) is 15.2 Å². The number of piperidine rings is 1. The number of nitrogens with one attached hydrogen (secondary N) is 1. The van der Waals surface area contributed by atoms with E-state index in [1.54, 1.807) is 7.11 Å². The molecule has 0 amide bonds. The van der Waals surface area contributed by atoms with Crippen molar-refractivity contribution < 1.29 is 9.47 Å². The Kier molecular flexibility index (Phi) is 8.69. The molecule has 2 heterocycles. The molecule has 1 saturated heterocycles. The summed E-state index contributed by atoms with van der Waals surface area (Å²) in [5.41, 5.74) is 2.22. The minimum Gasteiger partial charge on any atom is -0.385 e. The quantitative estimate of drug-likeness (QED) is 0.444. The maximum atomic E-state index is 5.94. The van der Waals surface area contributed by atoms with E-state index in [0.29, 0.717) is 12.6 Å². The molecular formula is C19H32N4O2. The third-order valence-electron chi connectivity index (χ3n) is 4.42. The molecule has 1 aliphatic heterocycles. The van der Waals surface area contributed by atoms with Gasteiger partial charge in [0, 0.05) is 46.2 Å². The van der Waals surface area contributed by atoms with Crippen molar-refractivity contribution in [2.75, 3.05) is 40.0 Å². The Morgan fingerprint density at radius 1 is 1.36 bits per heavy atom. The summed E-state index contributed by atoms with van der Waals surface area (Å²) in [6.07, 6.45) is 5.23. The number of aliphatic imine (C=N–C) groups is 1. The Hall–Kier alpha value is -1.66. The molecule has 0 atom stereocenters. The third kappa shape index (κ3) is 6.63. The number of hydrogen-bond acceptors (Lipinski definition) is 4. The number of guanidine groups is 1. The molecule has 0 aliphatic carbocycles. The Balaban J connectivity index is 1.84. The van der Waals surface area contributed by atoms with Gasteiger partial charge < -0.3 is 19.7 Å². The SMILES string of the molecule is CCNC(=NCc1ncccc1C)N1CCC(OCCCOC)CC1. The van der Waals surface area contributed by atoms with Gasteiger partial charge >= 0.3 is 0 Å². The fourth-order valence-electron chi connectivity index (χ4n) is 2.95. The molecule has 0 spiro atoms. The number of methoxy groups -OCH3 is 1. The number of rotatable bonds is 8. The van der Waals surface area contributed by atoms with Crippen LogP contribution in [-0.2, 0) is 16.0 Å². The molecule has 0 radical (unpaired) electrons. The van der Waals surface area contributed by atoms with Crippen LogP contribution in [0.25, 0.3) is 0 Å². The molecule has 1 aromatic heterocycles. The summed E-state index contributed by atoms with van der Waals surface area (Å²) in [6.45, 7) is 9.17. The highest BCUT2D eigenvalue weighted by Crippen LogP contribution is 2.15. The number of pyridine rings is 1. The van der Waals surface area contributed by atoms with Gasteiger partial charge in [-0.1, -0.05) is 6.07 Å². The summed E-state index contributed by atoms with van der Waals surface area (Å²) in [5.74, 6) is 0.977. The molecule has 0 aromatic carbocycles. The topological polar surface area (TPSA) is 59.0 Å². The van der Waals surface area contributed by atoms with Crippen molar-refractivity contribution in [3.63, 3.8) is 0 Å². The van der Waals surface area contributed by atoms with Crippen LogP contribution in [0.3, 0.4) is 0 Å². The van der Waals surface area contributed by atoms with Gasteiger partial charge in [0.1, 0.15) is 0 Å². The summed E-state index contributed by atoms with van der Waals surface area (Å²) >= 11 is 0. The van der Waals surface area contributed by atoms with Gasteiger partial charge in [0.05, 0.1) is 18.3 Å². The van der Waals surface area contributed by atoms with Crippen molar-refractivity contribution >= 4 is 5.96 Å². The van der Waals surface area contributed by atoms with E-state index < -0.39 is 0 Å². The second-order valence-corrected chi connectivity index (χ2v) is 6.34. The number of ether oxygens (including phenoxy) is 2. The molecule has 0 bridgehead atoms. The van der Waals surface area contributed by atoms with Crippen LogP contribution in [0.5, 0.6) is 0 Å². The van der Waals surface area contributed by atoms with Crippen LogP contribution >= 0.6 is 0 Å². The average Bonchev–Trinajstić information content (AvgIpc) is 2.64. The molecule has 1 N–H and O–H groups in total. The van der Waals surface area contributed by atoms with Crippen molar-refractivity contribution in [3.05, 3.63) is 29.6 Å². The Bertz CT molecular complexity index is 528. The first-order valence-corrected chi connectivity index (χ1v) is 9.29. The first-order valence-electron chi connectivity index (χ1n) is 9.29. The number of aromatic nitrogens is 1. The van der Waals surface area contributed by atoms with Crippen molar-refractivity contribution in [3.8, 4) is 0 Å². The maximum Gasteiger partial charge on any atom is 0.194 e. The second-order valence-electron chi connectivity index (χ2n) is 6.34.